The molecule has 3 nitrogen and oxygen atoms in total. The van der Waals surface area contributed by atoms with Crippen molar-refractivity contribution in [3.05, 3.63) is 33.8 Å². The van der Waals surface area contributed by atoms with Crippen LogP contribution in [0.1, 0.15) is 24.4 Å². The molecule has 1 aliphatic rings. The third-order valence-corrected chi connectivity index (χ3v) is 3.85. The van der Waals surface area contributed by atoms with E-state index < -0.39 is 12.0 Å². The maximum atomic E-state index is 11.4. The number of aliphatic carboxylic acids is 1. The summed E-state index contributed by atoms with van der Waals surface area (Å²) in [6.07, 6.45) is 2.06. The van der Waals surface area contributed by atoms with Gasteiger partial charge in [-0.2, -0.15) is 0 Å². The monoisotopic (exact) mass is 273 g/mol. The van der Waals surface area contributed by atoms with E-state index in [4.69, 9.17) is 23.2 Å². The summed E-state index contributed by atoms with van der Waals surface area (Å²) in [5, 5.41) is 10.1. The lowest BCUT2D eigenvalue weighted by Crippen LogP contribution is -2.31. The lowest BCUT2D eigenvalue weighted by molar-refractivity contribution is -0.143. The van der Waals surface area contributed by atoms with Gasteiger partial charge in [-0.25, -0.2) is 0 Å². The second-order valence-corrected chi connectivity index (χ2v) is 4.91. The van der Waals surface area contributed by atoms with Crippen LogP contribution in [0.25, 0.3) is 0 Å². The number of carboxylic acid groups (broad SMARTS) is 1. The number of benzene rings is 1. The third-order valence-electron chi connectivity index (χ3n) is 3.02. The summed E-state index contributed by atoms with van der Waals surface area (Å²) in [6.45, 7) is 1.58. The molecule has 0 spiro atoms. The molecule has 1 heterocycles. The molecule has 1 saturated heterocycles. The topological polar surface area (TPSA) is 40.5 Å². The number of hydrogen-bond donors (Lipinski definition) is 1. The van der Waals surface area contributed by atoms with Crippen molar-refractivity contribution in [1.29, 1.82) is 0 Å². The maximum Gasteiger partial charge on any atom is 0.325 e. The molecular weight excluding hydrogens is 261 g/mol. The van der Waals surface area contributed by atoms with Crippen molar-refractivity contribution in [2.75, 3.05) is 13.1 Å². The van der Waals surface area contributed by atoms with Crippen molar-refractivity contribution in [2.24, 2.45) is 0 Å². The Kier molecular flexibility index (Phi) is 3.92. The van der Waals surface area contributed by atoms with Crippen molar-refractivity contribution < 1.29 is 9.90 Å². The Morgan fingerprint density at radius 2 is 1.94 bits per heavy atom. The molecule has 0 unspecified atom stereocenters. The van der Waals surface area contributed by atoms with Crippen LogP contribution in [0.4, 0.5) is 0 Å². The van der Waals surface area contributed by atoms with E-state index in [-0.39, 0.29) is 0 Å². The predicted molar refractivity (Wildman–Crippen MR) is 67.6 cm³/mol. The van der Waals surface area contributed by atoms with Crippen LogP contribution in [0, 0.1) is 0 Å². The highest BCUT2D eigenvalue weighted by molar-refractivity contribution is 6.42. The molecule has 1 aliphatic heterocycles. The van der Waals surface area contributed by atoms with Crippen LogP contribution in [0.15, 0.2) is 18.2 Å². The van der Waals surface area contributed by atoms with Crippen molar-refractivity contribution in [3.8, 4) is 0 Å². The highest BCUT2D eigenvalue weighted by Crippen LogP contribution is 2.34. The van der Waals surface area contributed by atoms with E-state index in [1.54, 1.807) is 18.2 Å². The number of carboxylic acids is 1. The number of rotatable bonds is 3. The lowest BCUT2D eigenvalue weighted by Gasteiger charge is -2.25. The van der Waals surface area contributed by atoms with Crippen LogP contribution in [0.2, 0.25) is 10.0 Å². The zero-order valence-electron chi connectivity index (χ0n) is 9.20. The van der Waals surface area contributed by atoms with E-state index >= 15 is 0 Å². The van der Waals surface area contributed by atoms with Gasteiger partial charge in [-0.1, -0.05) is 35.3 Å². The largest absolute Gasteiger partial charge is 0.480 e. The molecule has 92 valence electrons. The molecule has 1 aromatic rings. The maximum absolute atomic E-state index is 11.4. The summed E-state index contributed by atoms with van der Waals surface area (Å²) in [5.74, 6) is -0.879. The Morgan fingerprint density at radius 3 is 2.53 bits per heavy atom. The van der Waals surface area contributed by atoms with Crippen molar-refractivity contribution in [3.63, 3.8) is 0 Å². The van der Waals surface area contributed by atoms with Crippen LogP contribution in [0.5, 0.6) is 0 Å². The van der Waals surface area contributed by atoms with Crippen LogP contribution >= 0.6 is 23.2 Å². The van der Waals surface area contributed by atoms with E-state index in [2.05, 4.69) is 0 Å². The minimum absolute atomic E-state index is 0.341. The Bertz CT molecular complexity index is 431. The van der Waals surface area contributed by atoms with E-state index in [0.717, 1.165) is 25.9 Å². The van der Waals surface area contributed by atoms with Crippen molar-refractivity contribution in [2.45, 2.75) is 18.9 Å². The number of halogens is 2. The molecule has 17 heavy (non-hydrogen) atoms. The quantitative estimate of drug-likeness (QED) is 0.920. The highest BCUT2D eigenvalue weighted by Gasteiger charge is 2.31. The van der Waals surface area contributed by atoms with Gasteiger partial charge in [0, 0.05) is 5.56 Å². The zero-order chi connectivity index (χ0) is 12.4. The zero-order valence-corrected chi connectivity index (χ0v) is 10.7. The Labute approximate surface area is 110 Å². The first kappa shape index (κ1) is 12.7. The standard InChI is InChI=1S/C12H13Cl2NO2/c13-9-5-3-4-8(10(9)14)11(12(16)17)15-6-1-2-7-15/h3-5,11H,1-2,6-7H2,(H,16,17)/t11-/m0/s1. The van der Waals surface area contributed by atoms with Gasteiger partial charge in [0.1, 0.15) is 6.04 Å². The summed E-state index contributed by atoms with van der Waals surface area (Å²) in [5.41, 5.74) is 0.577. The Morgan fingerprint density at radius 1 is 1.29 bits per heavy atom. The summed E-state index contributed by atoms with van der Waals surface area (Å²) < 4.78 is 0. The molecule has 1 atom stereocenters. The predicted octanol–water partition coefficient (Wildman–Crippen LogP) is 3.21. The second-order valence-electron chi connectivity index (χ2n) is 4.13. The fourth-order valence-corrected chi connectivity index (χ4v) is 2.63. The summed E-state index contributed by atoms with van der Waals surface area (Å²) in [4.78, 5) is 13.3. The number of nitrogens with zero attached hydrogens (tertiary/aromatic N) is 1. The molecular formula is C12H13Cl2NO2. The number of hydrogen-bond acceptors (Lipinski definition) is 2. The molecule has 0 radical (unpaired) electrons. The molecule has 2 rings (SSSR count). The molecule has 0 saturated carbocycles. The number of carbonyl (C=O) groups is 1. The van der Waals surface area contributed by atoms with Crippen molar-refractivity contribution >= 4 is 29.2 Å². The summed E-state index contributed by atoms with van der Waals surface area (Å²) >= 11 is 12.0. The summed E-state index contributed by atoms with van der Waals surface area (Å²) in [7, 11) is 0. The van der Waals surface area contributed by atoms with Gasteiger partial charge in [-0.3, -0.25) is 9.69 Å². The van der Waals surface area contributed by atoms with E-state index in [9.17, 15) is 9.90 Å². The first-order valence-corrected chi connectivity index (χ1v) is 6.27. The molecule has 0 amide bonds. The van der Waals surface area contributed by atoms with E-state index in [1.807, 2.05) is 4.90 Å². The average molecular weight is 274 g/mol. The van der Waals surface area contributed by atoms with Gasteiger partial charge in [0.25, 0.3) is 0 Å². The second kappa shape index (κ2) is 5.25. The van der Waals surface area contributed by atoms with Crippen molar-refractivity contribution in [1.82, 2.24) is 4.90 Å². The van der Waals surface area contributed by atoms with Gasteiger partial charge < -0.3 is 5.11 Å². The van der Waals surface area contributed by atoms with Crippen LogP contribution in [-0.4, -0.2) is 29.1 Å². The van der Waals surface area contributed by atoms with Gasteiger partial charge in [-0.05, 0) is 32.0 Å². The fourth-order valence-electron chi connectivity index (χ4n) is 2.22. The van der Waals surface area contributed by atoms with Gasteiger partial charge >= 0.3 is 5.97 Å². The van der Waals surface area contributed by atoms with Gasteiger partial charge in [0.05, 0.1) is 10.0 Å². The molecule has 0 aliphatic carbocycles. The van der Waals surface area contributed by atoms with Crippen LogP contribution in [-0.2, 0) is 4.79 Å². The summed E-state index contributed by atoms with van der Waals surface area (Å²) in [6, 6.07) is 4.43. The minimum Gasteiger partial charge on any atom is -0.480 e. The van der Waals surface area contributed by atoms with Gasteiger partial charge in [0.2, 0.25) is 0 Å². The smallest absolute Gasteiger partial charge is 0.325 e. The molecule has 1 N–H and O–H groups in total. The SMILES string of the molecule is O=C(O)[C@H](c1cccc(Cl)c1Cl)N1CCCC1. The molecule has 5 heteroatoms. The first-order chi connectivity index (χ1) is 8.11. The Balaban J connectivity index is 2.38. The molecule has 1 aromatic carbocycles. The highest BCUT2D eigenvalue weighted by atomic mass is 35.5. The van der Waals surface area contributed by atoms with Crippen LogP contribution in [0.3, 0.4) is 0 Å². The van der Waals surface area contributed by atoms with E-state index in [1.165, 1.54) is 0 Å². The molecule has 0 aromatic heterocycles. The molecule has 0 bridgehead atoms. The van der Waals surface area contributed by atoms with Gasteiger partial charge in [0.15, 0.2) is 0 Å². The fraction of sp³-hybridized carbons (Fsp3) is 0.417. The number of likely N-dealkylation sites (tertiary alicyclic amines) is 1. The first-order valence-electron chi connectivity index (χ1n) is 5.52. The average Bonchev–Trinajstić information content (AvgIpc) is 2.77. The normalized spacial score (nSPS) is 18.2. The van der Waals surface area contributed by atoms with Gasteiger partial charge in [-0.15, -0.1) is 0 Å². The lowest BCUT2D eigenvalue weighted by atomic mass is 10.1. The Hall–Kier alpha value is -0.770. The van der Waals surface area contributed by atoms with Crippen LogP contribution < -0.4 is 0 Å². The molecule has 1 fully saturated rings. The third kappa shape index (κ3) is 2.57. The minimum atomic E-state index is -0.879. The van der Waals surface area contributed by atoms with E-state index in [0.29, 0.717) is 15.6 Å².